The van der Waals surface area contributed by atoms with Crippen molar-refractivity contribution in [3.63, 3.8) is 0 Å². The molecule has 3 heterocycles. The molecule has 1 N–H and O–H groups in total. The fourth-order valence-electron chi connectivity index (χ4n) is 3.82. The van der Waals surface area contributed by atoms with Crippen LogP contribution in [-0.2, 0) is 6.42 Å². The lowest BCUT2D eigenvalue weighted by atomic mass is 9.93. The molecular formula is C21H16F2N6O. The van der Waals surface area contributed by atoms with Crippen molar-refractivity contribution in [2.45, 2.75) is 31.9 Å². The van der Waals surface area contributed by atoms with E-state index < -0.39 is 6.55 Å². The third-order valence-electron chi connectivity index (χ3n) is 5.24. The SMILES string of the molecule is N#Cc1cnc2c(c1)CCC[C@@H]2Oc1ccc2[nH]nc(-c3cnn(C(F)F)c3)c2c1. The molecule has 0 saturated carbocycles. The second kappa shape index (κ2) is 7.22. The zero-order chi connectivity index (χ0) is 20.7. The summed E-state index contributed by atoms with van der Waals surface area (Å²) in [5.74, 6) is 0.635. The lowest BCUT2D eigenvalue weighted by Gasteiger charge is -2.25. The Balaban J connectivity index is 1.47. The minimum absolute atomic E-state index is 0.212. The summed E-state index contributed by atoms with van der Waals surface area (Å²) in [6, 6.07) is 9.51. The first kappa shape index (κ1) is 18.2. The first-order valence-corrected chi connectivity index (χ1v) is 9.49. The van der Waals surface area contributed by atoms with Crippen LogP contribution in [0.15, 0.2) is 42.9 Å². The maximum absolute atomic E-state index is 12.9. The monoisotopic (exact) mass is 406 g/mol. The molecule has 1 aliphatic rings. The number of halogens is 2. The van der Waals surface area contributed by atoms with Gasteiger partial charge in [-0.3, -0.25) is 10.1 Å². The predicted octanol–water partition coefficient (Wildman–Crippen LogP) is 4.54. The molecular weight excluding hydrogens is 390 g/mol. The topological polar surface area (TPSA) is 92.4 Å². The van der Waals surface area contributed by atoms with E-state index in [2.05, 4.69) is 26.3 Å². The van der Waals surface area contributed by atoms with Crippen molar-refractivity contribution in [2.75, 3.05) is 0 Å². The van der Waals surface area contributed by atoms with E-state index >= 15 is 0 Å². The first-order chi connectivity index (χ1) is 14.6. The highest BCUT2D eigenvalue weighted by Crippen LogP contribution is 2.35. The second-order valence-corrected chi connectivity index (χ2v) is 7.15. The van der Waals surface area contributed by atoms with Gasteiger partial charge in [0.15, 0.2) is 0 Å². The molecule has 1 aliphatic carbocycles. The summed E-state index contributed by atoms with van der Waals surface area (Å²) in [4.78, 5) is 4.46. The Morgan fingerprint density at radius 1 is 1.27 bits per heavy atom. The molecule has 0 saturated heterocycles. The Morgan fingerprint density at radius 3 is 2.97 bits per heavy atom. The molecule has 0 radical (unpaired) electrons. The molecule has 30 heavy (non-hydrogen) atoms. The van der Waals surface area contributed by atoms with Gasteiger partial charge in [0.1, 0.15) is 23.6 Å². The molecule has 0 aliphatic heterocycles. The van der Waals surface area contributed by atoms with Crippen LogP contribution in [0.25, 0.3) is 22.2 Å². The maximum Gasteiger partial charge on any atom is 0.333 e. The van der Waals surface area contributed by atoms with Crippen molar-refractivity contribution in [1.29, 1.82) is 5.26 Å². The van der Waals surface area contributed by atoms with E-state index in [9.17, 15) is 8.78 Å². The highest BCUT2D eigenvalue weighted by molar-refractivity contribution is 5.93. The number of alkyl halides is 2. The summed E-state index contributed by atoms with van der Waals surface area (Å²) in [5.41, 5.74) is 4.22. The summed E-state index contributed by atoms with van der Waals surface area (Å²) < 4.78 is 32.5. The van der Waals surface area contributed by atoms with E-state index in [-0.39, 0.29) is 6.10 Å². The van der Waals surface area contributed by atoms with E-state index in [1.54, 1.807) is 6.20 Å². The molecule has 0 unspecified atom stereocenters. The van der Waals surface area contributed by atoms with E-state index in [1.165, 1.54) is 12.4 Å². The van der Waals surface area contributed by atoms with Crippen LogP contribution in [0.2, 0.25) is 0 Å². The molecule has 3 aromatic heterocycles. The fraction of sp³-hybridized carbons (Fsp3) is 0.238. The Bertz CT molecular complexity index is 1270. The normalized spacial score (nSPS) is 15.9. The lowest BCUT2D eigenvalue weighted by molar-refractivity contribution is 0.0566. The van der Waals surface area contributed by atoms with Crippen molar-refractivity contribution in [2.24, 2.45) is 0 Å². The zero-order valence-corrected chi connectivity index (χ0v) is 15.7. The van der Waals surface area contributed by atoms with E-state index in [4.69, 9.17) is 10.00 Å². The molecule has 9 heteroatoms. The third kappa shape index (κ3) is 3.16. The van der Waals surface area contributed by atoms with Crippen LogP contribution in [0.3, 0.4) is 0 Å². The van der Waals surface area contributed by atoms with Crippen molar-refractivity contribution in [1.82, 2.24) is 25.0 Å². The molecule has 150 valence electrons. The third-order valence-corrected chi connectivity index (χ3v) is 5.24. The van der Waals surface area contributed by atoms with Gasteiger partial charge in [-0.1, -0.05) is 0 Å². The van der Waals surface area contributed by atoms with Gasteiger partial charge in [0.25, 0.3) is 0 Å². The number of aryl methyl sites for hydroxylation is 1. The van der Waals surface area contributed by atoms with Crippen LogP contribution in [0.5, 0.6) is 5.75 Å². The number of aromatic nitrogens is 5. The Kier molecular flexibility index (Phi) is 4.39. The van der Waals surface area contributed by atoms with Crippen LogP contribution in [0.1, 0.15) is 42.3 Å². The largest absolute Gasteiger partial charge is 0.484 e. The molecule has 1 atom stereocenters. The van der Waals surface area contributed by atoms with Crippen LogP contribution in [0.4, 0.5) is 8.78 Å². The number of nitrogens with zero attached hydrogens (tertiary/aromatic N) is 5. The summed E-state index contributed by atoms with van der Waals surface area (Å²) in [6.07, 6.45) is 6.63. The molecule has 1 aromatic carbocycles. The zero-order valence-electron chi connectivity index (χ0n) is 15.7. The summed E-state index contributed by atoms with van der Waals surface area (Å²) in [7, 11) is 0. The van der Waals surface area contributed by atoms with E-state index in [1.807, 2.05) is 24.3 Å². The molecule has 0 bridgehead atoms. The first-order valence-electron chi connectivity index (χ1n) is 9.49. The number of pyridine rings is 1. The number of hydrogen-bond acceptors (Lipinski definition) is 5. The van der Waals surface area contributed by atoms with Gasteiger partial charge in [0.2, 0.25) is 0 Å². The standard InChI is InChI=1S/C21H16F2N6O/c22-21(23)29-11-14(10-26-29)19-16-7-15(4-5-17(16)27-28-19)30-18-3-1-2-13-6-12(8-24)9-25-20(13)18/h4-7,9-11,18,21H,1-3H2,(H,27,28)/t18-/m0/s1. The number of benzene rings is 1. The Hall–Kier alpha value is -3.80. The number of H-pyrrole nitrogens is 1. The number of nitriles is 1. The number of nitrogens with one attached hydrogen (secondary N) is 1. The van der Waals surface area contributed by atoms with Gasteiger partial charge < -0.3 is 4.74 Å². The highest BCUT2D eigenvalue weighted by atomic mass is 19.3. The predicted molar refractivity (Wildman–Crippen MR) is 104 cm³/mol. The Morgan fingerprint density at radius 2 is 2.17 bits per heavy atom. The van der Waals surface area contributed by atoms with Crippen molar-refractivity contribution in [3.8, 4) is 23.1 Å². The molecule has 0 fully saturated rings. The summed E-state index contributed by atoms with van der Waals surface area (Å²) in [6.45, 7) is -2.71. The molecule has 5 rings (SSSR count). The lowest BCUT2D eigenvalue weighted by Crippen LogP contribution is -2.17. The van der Waals surface area contributed by atoms with Gasteiger partial charge in [-0.15, -0.1) is 0 Å². The Labute approximate surface area is 169 Å². The number of rotatable bonds is 4. The number of aromatic amines is 1. The van der Waals surface area contributed by atoms with Crippen molar-refractivity contribution in [3.05, 3.63) is 59.7 Å². The number of ether oxygens (including phenoxy) is 1. The van der Waals surface area contributed by atoms with Crippen LogP contribution < -0.4 is 4.74 Å². The molecule has 7 nitrogen and oxygen atoms in total. The fourth-order valence-corrected chi connectivity index (χ4v) is 3.82. The van der Waals surface area contributed by atoms with Crippen LogP contribution >= 0.6 is 0 Å². The molecule has 0 amide bonds. The van der Waals surface area contributed by atoms with Gasteiger partial charge in [0.05, 0.1) is 23.0 Å². The number of fused-ring (bicyclic) bond motifs is 2. The smallest absolute Gasteiger partial charge is 0.333 e. The minimum atomic E-state index is -2.71. The molecule has 0 spiro atoms. The average molecular weight is 406 g/mol. The van der Waals surface area contributed by atoms with Crippen LogP contribution in [-0.4, -0.2) is 25.0 Å². The van der Waals surface area contributed by atoms with Crippen LogP contribution in [0, 0.1) is 11.3 Å². The van der Waals surface area contributed by atoms with Crippen molar-refractivity contribution >= 4 is 10.9 Å². The number of hydrogen-bond donors (Lipinski definition) is 1. The second-order valence-electron chi connectivity index (χ2n) is 7.15. The highest BCUT2D eigenvalue weighted by Gasteiger charge is 2.24. The average Bonchev–Trinajstić information content (AvgIpc) is 3.40. The van der Waals surface area contributed by atoms with Gasteiger partial charge in [-0.2, -0.15) is 24.2 Å². The minimum Gasteiger partial charge on any atom is -0.484 e. The van der Waals surface area contributed by atoms with E-state index in [0.717, 1.165) is 41.4 Å². The van der Waals surface area contributed by atoms with Gasteiger partial charge in [-0.25, -0.2) is 4.68 Å². The summed E-state index contributed by atoms with van der Waals surface area (Å²) >= 11 is 0. The molecule has 4 aromatic rings. The van der Waals surface area contributed by atoms with Gasteiger partial charge in [0, 0.05) is 23.3 Å². The van der Waals surface area contributed by atoms with Crippen molar-refractivity contribution < 1.29 is 13.5 Å². The van der Waals surface area contributed by atoms with Gasteiger partial charge >= 0.3 is 6.55 Å². The van der Waals surface area contributed by atoms with Gasteiger partial charge in [-0.05, 0) is 49.1 Å². The maximum atomic E-state index is 12.9. The quantitative estimate of drug-likeness (QED) is 0.537. The van der Waals surface area contributed by atoms with E-state index in [0.29, 0.717) is 27.3 Å². The summed E-state index contributed by atoms with van der Waals surface area (Å²) in [5, 5.41) is 20.7.